The number of rotatable bonds is 5. The molecule has 1 aliphatic rings. The summed E-state index contributed by atoms with van der Waals surface area (Å²) in [4.78, 5) is 38.7. The number of carbonyl (C=O) groups is 3. The van der Waals surface area contributed by atoms with Gasteiger partial charge in [-0.15, -0.1) is 0 Å². The highest BCUT2D eigenvalue weighted by Gasteiger charge is 2.34. The molecule has 0 N–H and O–H groups in total. The minimum atomic E-state index is -0.791. The van der Waals surface area contributed by atoms with E-state index in [9.17, 15) is 18.8 Å². The van der Waals surface area contributed by atoms with Gasteiger partial charge in [-0.25, -0.2) is 18.8 Å². The summed E-state index contributed by atoms with van der Waals surface area (Å²) in [6.45, 7) is -0.276. The van der Waals surface area contributed by atoms with Crippen LogP contribution >= 0.6 is 0 Å². The Bertz CT molecular complexity index is 1000. The van der Waals surface area contributed by atoms with Crippen molar-refractivity contribution in [3.63, 3.8) is 0 Å². The maximum absolute atomic E-state index is 13.1. The first-order chi connectivity index (χ1) is 14.5. The van der Waals surface area contributed by atoms with Gasteiger partial charge in [-0.3, -0.25) is 0 Å². The lowest BCUT2D eigenvalue weighted by Gasteiger charge is -2.32. The molecule has 0 radical (unpaired) electrons. The Morgan fingerprint density at radius 2 is 1.60 bits per heavy atom. The molecule has 8 nitrogen and oxygen atoms in total. The van der Waals surface area contributed by atoms with Crippen LogP contribution in [0, 0.1) is 5.82 Å². The largest absolute Gasteiger partial charge is 0.466 e. The second-order valence-electron chi connectivity index (χ2n) is 6.08. The monoisotopic (exact) mass is 415 g/mol. The predicted octanol–water partition coefficient (Wildman–Crippen LogP) is 2.44. The average Bonchev–Trinajstić information content (AvgIpc) is 2.79. The van der Waals surface area contributed by atoms with E-state index in [2.05, 4.69) is 0 Å². The van der Waals surface area contributed by atoms with E-state index < -0.39 is 23.7 Å². The topological polar surface area (TPSA) is 91.4 Å². The van der Waals surface area contributed by atoms with Gasteiger partial charge in [0, 0.05) is 0 Å². The van der Waals surface area contributed by atoms with Gasteiger partial charge in [0.25, 0.3) is 0 Å². The molecule has 0 aromatic heterocycles. The minimum absolute atomic E-state index is 0.0442. The third kappa shape index (κ3) is 4.31. The number of hydrogen-bond acceptors (Lipinski definition) is 8. The lowest BCUT2D eigenvalue weighted by molar-refractivity contribution is -0.140. The van der Waals surface area contributed by atoms with E-state index >= 15 is 0 Å². The summed E-state index contributed by atoms with van der Waals surface area (Å²) in [5, 5.41) is 0. The smallest absolute Gasteiger partial charge is 0.355 e. The van der Waals surface area contributed by atoms with Gasteiger partial charge in [-0.1, -0.05) is 12.1 Å². The molecule has 0 bridgehead atoms. The van der Waals surface area contributed by atoms with Crippen LogP contribution < -0.4 is 9.64 Å². The van der Waals surface area contributed by atoms with Crippen LogP contribution in [0.15, 0.2) is 59.8 Å². The lowest BCUT2D eigenvalue weighted by atomic mass is 10.1. The van der Waals surface area contributed by atoms with Crippen molar-refractivity contribution in [2.45, 2.75) is 0 Å². The van der Waals surface area contributed by atoms with E-state index in [-0.39, 0.29) is 41.6 Å². The van der Waals surface area contributed by atoms with Crippen molar-refractivity contribution in [1.29, 1.82) is 0 Å². The molecule has 0 unspecified atom stereocenters. The van der Waals surface area contributed by atoms with E-state index in [0.717, 1.165) is 12.1 Å². The van der Waals surface area contributed by atoms with E-state index in [0.29, 0.717) is 0 Å². The lowest BCUT2D eigenvalue weighted by Crippen LogP contribution is -2.39. The zero-order valence-electron chi connectivity index (χ0n) is 16.2. The fraction of sp³-hybridized carbons (Fsp3) is 0.190. The van der Waals surface area contributed by atoms with Crippen LogP contribution in [0.2, 0.25) is 0 Å². The molecule has 2 aromatic carbocycles. The Balaban J connectivity index is 2.02. The van der Waals surface area contributed by atoms with Crippen LogP contribution in [0.4, 0.5) is 10.1 Å². The fourth-order valence-corrected chi connectivity index (χ4v) is 2.88. The third-order valence-corrected chi connectivity index (χ3v) is 4.27. The number of halogens is 1. The molecule has 2 aromatic rings. The number of carbonyl (C=O) groups excluding carboxylic acids is 3. The summed E-state index contributed by atoms with van der Waals surface area (Å²) in [5.74, 6) is -2.62. The molecule has 0 saturated heterocycles. The van der Waals surface area contributed by atoms with E-state index in [4.69, 9.17) is 18.9 Å². The van der Waals surface area contributed by atoms with E-state index in [1.165, 1.54) is 37.3 Å². The van der Waals surface area contributed by atoms with Gasteiger partial charge in [-0.2, -0.15) is 0 Å². The summed E-state index contributed by atoms with van der Waals surface area (Å²) in [6, 6.07) is 11.3. The normalized spacial score (nSPS) is 13.6. The van der Waals surface area contributed by atoms with Gasteiger partial charge in [0.2, 0.25) is 0 Å². The SMILES string of the molecule is COC(=O)C1=C(C(=O)OC)N(c2ccccc2C(=O)Oc2ccc(F)cc2)COC1. The number of para-hydroxylation sites is 1. The highest BCUT2D eigenvalue weighted by molar-refractivity contribution is 6.05. The van der Waals surface area contributed by atoms with Crippen LogP contribution in [0.1, 0.15) is 10.4 Å². The molecule has 1 heterocycles. The average molecular weight is 415 g/mol. The molecule has 3 rings (SSSR count). The number of ether oxygens (including phenoxy) is 4. The van der Waals surface area contributed by atoms with Gasteiger partial charge >= 0.3 is 17.9 Å². The molecule has 156 valence electrons. The van der Waals surface area contributed by atoms with Crippen LogP contribution in [0.5, 0.6) is 5.75 Å². The van der Waals surface area contributed by atoms with Crippen molar-refractivity contribution in [3.05, 3.63) is 71.2 Å². The van der Waals surface area contributed by atoms with Crippen LogP contribution in [0.3, 0.4) is 0 Å². The Kier molecular flexibility index (Phi) is 6.43. The molecule has 0 saturated carbocycles. The Labute approximate surface area is 171 Å². The first-order valence-corrected chi connectivity index (χ1v) is 8.78. The maximum Gasteiger partial charge on any atom is 0.355 e. The number of benzene rings is 2. The van der Waals surface area contributed by atoms with E-state index in [1.807, 2.05) is 0 Å². The molecule has 0 fully saturated rings. The van der Waals surface area contributed by atoms with Crippen molar-refractivity contribution in [2.75, 3.05) is 32.5 Å². The van der Waals surface area contributed by atoms with Crippen molar-refractivity contribution < 1.29 is 37.7 Å². The zero-order chi connectivity index (χ0) is 21.7. The molecular formula is C21H18FNO7. The van der Waals surface area contributed by atoms with Crippen LogP contribution in [-0.2, 0) is 23.8 Å². The maximum atomic E-state index is 13.1. The molecule has 9 heteroatoms. The van der Waals surface area contributed by atoms with Gasteiger partial charge in [0.1, 0.15) is 24.0 Å². The minimum Gasteiger partial charge on any atom is -0.466 e. The first kappa shape index (κ1) is 21.0. The number of hydrogen-bond donors (Lipinski definition) is 0. The van der Waals surface area contributed by atoms with Gasteiger partial charge < -0.3 is 23.8 Å². The third-order valence-electron chi connectivity index (χ3n) is 4.27. The molecule has 30 heavy (non-hydrogen) atoms. The standard InChI is InChI=1S/C21H18FNO7/c1-27-19(24)16-11-29-12-23(18(16)21(26)28-2)17-6-4-3-5-15(17)20(25)30-14-9-7-13(22)8-10-14/h3-10H,11-12H2,1-2H3. The van der Waals surface area contributed by atoms with Crippen molar-refractivity contribution >= 4 is 23.6 Å². The number of nitrogens with zero attached hydrogens (tertiary/aromatic N) is 1. The Morgan fingerprint density at radius 3 is 2.27 bits per heavy atom. The number of anilines is 1. The second kappa shape index (κ2) is 9.19. The molecule has 0 aliphatic carbocycles. The highest BCUT2D eigenvalue weighted by Crippen LogP contribution is 2.30. The fourth-order valence-electron chi connectivity index (χ4n) is 2.88. The molecule has 0 amide bonds. The zero-order valence-corrected chi connectivity index (χ0v) is 16.2. The Morgan fingerprint density at radius 1 is 0.933 bits per heavy atom. The highest BCUT2D eigenvalue weighted by atomic mass is 19.1. The molecule has 0 atom stereocenters. The quantitative estimate of drug-likeness (QED) is 0.543. The summed E-state index contributed by atoms with van der Waals surface area (Å²) in [6.07, 6.45) is 0. The van der Waals surface area contributed by atoms with Crippen LogP contribution in [-0.4, -0.2) is 45.5 Å². The Hall–Kier alpha value is -3.72. The first-order valence-electron chi connectivity index (χ1n) is 8.78. The summed E-state index contributed by atoms with van der Waals surface area (Å²) in [7, 11) is 2.35. The van der Waals surface area contributed by atoms with Crippen molar-refractivity contribution in [1.82, 2.24) is 0 Å². The summed E-state index contributed by atoms with van der Waals surface area (Å²) >= 11 is 0. The van der Waals surface area contributed by atoms with E-state index in [1.54, 1.807) is 18.2 Å². The number of esters is 3. The van der Waals surface area contributed by atoms with Gasteiger partial charge in [0.05, 0.1) is 37.7 Å². The van der Waals surface area contributed by atoms with Crippen molar-refractivity contribution in [2.24, 2.45) is 0 Å². The van der Waals surface area contributed by atoms with Crippen LogP contribution in [0.25, 0.3) is 0 Å². The molecule has 1 aliphatic heterocycles. The summed E-state index contributed by atoms with van der Waals surface area (Å²) in [5.41, 5.74) is 0.207. The van der Waals surface area contributed by atoms with Gasteiger partial charge in [0.15, 0.2) is 0 Å². The molecular weight excluding hydrogens is 397 g/mol. The number of methoxy groups -OCH3 is 2. The predicted molar refractivity (Wildman–Crippen MR) is 102 cm³/mol. The molecule has 0 spiro atoms. The second-order valence-corrected chi connectivity index (χ2v) is 6.08. The van der Waals surface area contributed by atoms with Crippen molar-refractivity contribution in [3.8, 4) is 5.75 Å². The summed E-state index contributed by atoms with van der Waals surface area (Å²) < 4.78 is 33.4. The van der Waals surface area contributed by atoms with Gasteiger partial charge in [-0.05, 0) is 36.4 Å².